The number of hydrogen-bond donors (Lipinski definition) is 1. The fourth-order valence-electron chi connectivity index (χ4n) is 2.88. The van der Waals surface area contributed by atoms with Crippen LogP contribution in [0.1, 0.15) is 30.9 Å². The van der Waals surface area contributed by atoms with Crippen molar-refractivity contribution in [3.63, 3.8) is 0 Å². The van der Waals surface area contributed by atoms with Crippen LogP contribution in [0.2, 0.25) is 0 Å². The Bertz CT molecular complexity index is 718. The molecule has 1 saturated heterocycles. The van der Waals surface area contributed by atoms with Crippen molar-refractivity contribution in [1.29, 1.82) is 0 Å². The molecule has 0 saturated carbocycles. The van der Waals surface area contributed by atoms with E-state index in [0.717, 1.165) is 11.3 Å². The van der Waals surface area contributed by atoms with Crippen molar-refractivity contribution in [1.82, 2.24) is 9.62 Å². The third kappa shape index (κ3) is 5.71. The summed E-state index contributed by atoms with van der Waals surface area (Å²) < 4.78 is 30.5. The van der Waals surface area contributed by atoms with E-state index in [1.165, 1.54) is 16.1 Å². The highest BCUT2D eigenvalue weighted by Gasteiger charge is 2.30. The van der Waals surface area contributed by atoms with Gasteiger partial charge in [-0.2, -0.15) is 0 Å². The van der Waals surface area contributed by atoms with Gasteiger partial charge in [-0.1, -0.05) is 6.07 Å². The van der Waals surface area contributed by atoms with E-state index in [1.807, 2.05) is 39.0 Å². The predicted octanol–water partition coefficient (Wildman–Crippen LogP) is 1.86. The molecule has 0 aromatic heterocycles. The lowest BCUT2D eigenvalue weighted by Gasteiger charge is -2.30. The number of benzene rings is 1. The summed E-state index contributed by atoms with van der Waals surface area (Å²) in [5.74, 6) is 0.377. The fraction of sp³-hybridized carbons (Fsp3) is 0.611. The number of aryl methyl sites for hydroxylation is 2. The highest BCUT2D eigenvalue weighted by Crippen LogP contribution is 2.19. The van der Waals surface area contributed by atoms with Gasteiger partial charge >= 0.3 is 0 Å². The first-order valence-corrected chi connectivity index (χ1v) is 10.5. The average molecular weight is 368 g/mol. The monoisotopic (exact) mass is 368 g/mol. The molecule has 140 valence electrons. The fourth-order valence-corrected chi connectivity index (χ4v) is 3.80. The smallest absolute Gasteiger partial charge is 0.224 e. The highest BCUT2D eigenvalue weighted by atomic mass is 32.2. The van der Waals surface area contributed by atoms with E-state index in [0.29, 0.717) is 26.0 Å². The molecule has 2 atom stereocenters. The molecule has 1 amide bonds. The van der Waals surface area contributed by atoms with Gasteiger partial charge in [0.05, 0.1) is 18.2 Å². The van der Waals surface area contributed by atoms with Crippen LogP contribution in [0, 0.1) is 19.8 Å². The van der Waals surface area contributed by atoms with Crippen LogP contribution in [-0.4, -0.2) is 50.6 Å². The van der Waals surface area contributed by atoms with Gasteiger partial charge in [0.15, 0.2) is 0 Å². The largest absolute Gasteiger partial charge is 0.491 e. The van der Waals surface area contributed by atoms with Gasteiger partial charge in [-0.05, 0) is 56.9 Å². The van der Waals surface area contributed by atoms with Crippen molar-refractivity contribution in [2.24, 2.45) is 5.92 Å². The third-order valence-corrected chi connectivity index (χ3v) is 5.86. The number of amides is 1. The molecule has 0 unspecified atom stereocenters. The van der Waals surface area contributed by atoms with Crippen LogP contribution in [0.4, 0.5) is 0 Å². The molecule has 0 spiro atoms. The van der Waals surface area contributed by atoms with Gasteiger partial charge in [0.1, 0.15) is 12.4 Å². The molecule has 6 nitrogen and oxygen atoms in total. The van der Waals surface area contributed by atoms with E-state index >= 15 is 0 Å². The molecule has 0 aliphatic carbocycles. The van der Waals surface area contributed by atoms with Crippen molar-refractivity contribution in [3.05, 3.63) is 29.3 Å². The minimum atomic E-state index is -3.25. The normalized spacial score (nSPS) is 20.1. The second-order valence-corrected chi connectivity index (χ2v) is 8.91. The van der Waals surface area contributed by atoms with Gasteiger partial charge in [0.2, 0.25) is 15.9 Å². The van der Waals surface area contributed by atoms with E-state index in [4.69, 9.17) is 4.74 Å². The van der Waals surface area contributed by atoms with Crippen LogP contribution >= 0.6 is 0 Å². The maximum absolute atomic E-state index is 12.4. The van der Waals surface area contributed by atoms with E-state index in [9.17, 15) is 13.2 Å². The number of ether oxygens (including phenoxy) is 1. The first-order chi connectivity index (χ1) is 11.7. The van der Waals surface area contributed by atoms with Crippen LogP contribution in [-0.2, 0) is 14.8 Å². The van der Waals surface area contributed by atoms with E-state index in [1.54, 1.807) is 0 Å². The van der Waals surface area contributed by atoms with Crippen molar-refractivity contribution < 1.29 is 17.9 Å². The quantitative estimate of drug-likeness (QED) is 0.832. The molecule has 25 heavy (non-hydrogen) atoms. The molecule has 1 N–H and O–H groups in total. The van der Waals surface area contributed by atoms with Crippen molar-refractivity contribution in [2.75, 3.05) is 26.0 Å². The number of piperidine rings is 1. The van der Waals surface area contributed by atoms with Gasteiger partial charge in [0.25, 0.3) is 0 Å². The molecule has 1 aliphatic rings. The molecule has 0 bridgehead atoms. The van der Waals surface area contributed by atoms with Crippen LogP contribution in [0.15, 0.2) is 18.2 Å². The number of nitrogens with zero attached hydrogens (tertiary/aromatic N) is 1. The molecule has 1 aromatic carbocycles. The van der Waals surface area contributed by atoms with Crippen molar-refractivity contribution in [3.8, 4) is 5.75 Å². The summed E-state index contributed by atoms with van der Waals surface area (Å²) in [4.78, 5) is 12.4. The molecular weight excluding hydrogens is 340 g/mol. The van der Waals surface area contributed by atoms with E-state index in [-0.39, 0.29) is 24.4 Å². The predicted molar refractivity (Wildman–Crippen MR) is 98.2 cm³/mol. The molecule has 2 rings (SSSR count). The van der Waals surface area contributed by atoms with Crippen molar-refractivity contribution >= 4 is 15.9 Å². The molecule has 7 heteroatoms. The molecule has 1 fully saturated rings. The number of hydrogen-bond acceptors (Lipinski definition) is 4. The minimum absolute atomic E-state index is 0.107. The number of carbonyl (C=O) groups is 1. The number of sulfonamides is 1. The molecule has 1 heterocycles. The molecule has 1 aliphatic heterocycles. The van der Waals surface area contributed by atoms with Crippen LogP contribution in [0.5, 0.6) is 5.75 Å². The highest BCUT2D eigenvalue weighted by molar-refractivity contribution is 7.88. The van der Waals surface area contributed by atoms with Crippen LogP contribution in [0.25, 0.3) is 0 Å². The summed E-state index contributed by atoms with van der Waals surface area (Å²) >= 11 is 0. The first-order valence-electron chi connectivity index (χ1n) is 8.62. The summed E-state index contributed by atoms with van der Waals surface area (Å²) in [5, 5.41) is 2.93. The Hall–Kier alpha value is -1.60. The Labute approximate surface area is 150 Å². The summed E-state index contributed by atoms with van der Waals surface area (Å²) in [6.45, 7) is 7.09. The lowest BCUT2D eigenvalue weighted by Crippen LogP contribution is -2.47. The lowest BCUT2D eigenvalue weighted by atomic mass is 9.98. The van der Waals surface area contributed by atoms with Gasteiger partial charge in [0, 0.05) is 13.1 Å². The van der Waals surface area contributed by atoms with Gasteiger partial charge < -0.3 is 10.1 Å². The number of rotatable bonds is 6. The summed E-state index contributed by atoms with van der Waals surface area (Å²) in [6.07, 6.45) is 2.61. The lowest BCUT2D eigenvalue weighted by molar-refractivity contribution is -0.126. The zero-order valence-corrected chi connectivity index (χ0v) is 16.2. The van der Waals surface area contributed by atoms with E-state index < -0.39 is 10.0 Å². The Morgan fingerprint density at radius 1 is 1.36 bits per heavy atom. The van der Waals surface area contributed by atoms with Crippen LogP contribution in [0.3, 0.4) is 0 Å². The Kier molecular flexibility index (Phi) is 6.46. The van der Waals surface area contributed by atoms with Gasteiger partial charge in [-0.3, -0.25) is 4.79 Å². The van der Waals surface area contributed by atoms with Crippen LogP contribution < -0.4 is 10.1 Å². The Morgan fingerprint density at radius 2 is 2.08 bits per heavy atom. The SMILES string of the molecule is Cc1ccc(OC[C@@H](C)NC(=O)[C@H]2CCCN(S(C)(=O)=O)C2)cc1C. The molecular formula is C18H28N2O4S. The maximum Gasteiger partial charge on any atom is 0.224 e. The zero-order valence-electron chi connectivity index (χ0n) is 15.4. The summed E-state index contributed by atoms with van der Waals surface area (Å²) in [7, 11) is -3.25. The average Bonchev–Trinajstić information content (AvgIpc) is 2.55. The second kappa shape index (κ2) is 8.19. The van der Waals surface area contributed by atoms with Gasteiger partial charge in [-0.25, -0.2) is 12.7 Å². The minimum Gasteiger partial charge on any atom is -0.491 e. The first kappa shape index (κ1) is 19.7. The number of nitrogens with one attached hydrogen (secondary N) is 1. The van der Waals surface area contributed by atoms with Crippen molar-refractivity contribution in [2.45, 2.75) is 39.7 Å². The summed E-state index contributed by atoms with van der Waals surface area (Å²) in [6, 6.07) is 5.76. The maximum atomic E-state index is 12.4. The molecule has 1 aromatic rings. The topological polar surface area (TPSA) is 75.7 Å². The zero-order chi connectivity index (χ0) is 18.6. The van der Waals surface area contributed by atoms with Gasteiger partial charge in [-0.15, -0.1) is 0 Å². The standard InChI is InChI=1S/C18H28N2O4S/c1-13-7-8-17(10-14(13)2)24-12-15(3)19-18(21)16-6-5-9-20(11-16)25(4,22)23/h7-8,10,15-16H,5-6,9,11-12H2,1-4H3,(H,19,21)/t15-,16+/m1/s1. The second-order valence-electron chi connectivity index (χ2n) is 6.93. The Morgan fingerprint density at radius 3 is 2.72 bits per heavy atom. The summed E-state index contributed by atoms with van der Waals surface area (Å²) in [5.41, 5.74) is 2.37. The third-order valence-electron chi connectivity index (χ3n) is 4.59. The Balaban J connectivity index is 1.84. The number of carbonyl (C=O) groups excluding carboxylic acids is 1. The van der Waals surface area contributed by atoms with E-state index in [2.05, 4.69) is 5.32 Å². The molecule has 0 radical (unpaired) electrons.